The number of benzene rings is 2. The number of amides is 2. The molecule has 3 rings (SSSR count). The zero-order chi connectivity index (χ0) is 19.9. The number of ether oxygens (including phenoxy) is 1. The largest absolute Gasteiger partial charge is 0.496 e. The van der Waals surface area contributed by atoms with Crippen LogP contribution in [0.3, 0.4) is 0 Å². The van der Waals surface area contributed by atoms with Crippen molar-refractivity contribution in [3.63, 3.8) is 0 Å². The van der Waals surface area contributed by atoms with E-state index in [0.717, 1.165) is 37.0 Å². The van der Waals surface area contributed by atoms with Gasteiger partial charge < -0.3 is 15.0 Å². The molecule has 2 aromatic carbocycles. The summed E-state index contributed by atoms with van der Waals surface area (Å²) in [6.45, 7) is 0.337. The van der Waals surface area contributed by atoms with Crippen molar-refractivity contribution in [3.05, 3.63) is 65.2 Å². The van der Waals surface area contributed by atoms with E-state index in [-0.39, 0.29) is 17.9 Å². The minimum atomic E-state index is -0.257. The third kappa shape index (κ3) is 4.53. The Morgan fingerprint density at radius 2 is 1.64 bits per heavy atom. The van der Waals surface area contributed by atoms with Crippen LogP contribution in [-0.2, 0) is 6.54 Å². The van der Waals surface area contributed by atoms with E-state index in [2.05, 4.69) is 5.32 Å². The van der Waals surface area contributed by atoms with E-state index >= 15 is 0 Å². The Kier molecular flexibility index (Phi) is 6.69. The van der Waals surface area contributed by atoms with Gasteiger partial charge in [-0.3, -0.25) is 9.59 Å². The summed E-state index contributed by atoms with van der Waals surface area (Å²) in [5.74, 6) is 0.381. The van der Waals surface area contributed by atoms with E-state index in [1.54, 1.807) is 31.4 Å². The van der Waals surface area contributed by atoms with Crippen LogP contribution in [0.2, 0.25) is 0 Å². The van der Waals surface area contributed by atoms with Gasteiger partial charge in [0.1, 0.15) is 5.75 Å². The highest BCUT2D eigenvalue weighted by atomic mass is 16.5. The fourth-order valence-electron chi connectivity index (χ4n) is 3.81. The van der Waals surface area contributed by atoms with Crippen LogP contribution in [0.1, 0.15) is 58.4 Å². The minimum absolute atomic E-state index is 0.0880. The van der Waals surface area contributed by atoms with E-state index in [4.69, 9.17) is 4.74 Å². The third-order valence-corrected chi connectivity index (χ3v) is 5.48. The zero-order valence-electron chi connectivity index (χ0n) is 16.6. The zero-order valence-corrected chi connectivity index (χ0v) is 16.6. The lowest BCUT2D eigenvalue weighted by molar-refractivity contribution is 0.0691. The first-order chi connectivity index (χ1) is 13.6. The molecule has 5 nitrogen and oxygen atoms in total. The molecule has 2 amide bonds. The molecule has 5 heteroatoms. The van der Waals surface area contributed by atoms with Crippen LogP contribution in [0.15, 0.2) is 48.5 Å². The second-order valence-corrected chi connectivity index (χ2v) is 7.25. The Hall–Kier alpha value is -2.82. The number of methoxy groups -OCH3 is 1. The van der Waals surface area contributed by atoms with Crippen LogP contribution in [0.25, 0.3) is 0 Å². The second-order valence-electron chi connectivity index (χ2n) is 7.25. The monoisotopic (exact) mass is 380 g/mol. The normalized spacial score (nSPS) is 14.4. The lowest BCUT2D eigenvalue weighted by Gasteiger charge is -2.31. The van der Waals surface area contributed by atoms with Gasteiger partial charge in [-0.25, -0.2) is 0 Å². The van der Waals surface area contributed by atoms with Gasteiger partial charge in [0, 0.05) is 25.2 Å². The summed E-state index contributed by atoms with van der Waals surface area (Å²) >= 11 is 0. The van der Waals surface area contributed by atoms with Gasteiger partial charge in [0.25, 0.3) is 11.8 Å². The quantitative estimate of drug-likeness (QED) is 0.823. The number of rotatable bonds is 6. The molecule has 1 saturated carbocycles. The predicted molar refractivity (Wildman–Crippen MR) is 110 cm³/mol. The highest BCUT2D eigenvalue weighted by molar-refractivity contribution is 6.07. The van der Waals surface area contributed by atoms with E-state index in [1.807, 2.05) is 36.2 Å². The summed E-state index contributed by atoms with van der Waals surface area (Å²) in [5.41, 5.74) is 1.75. The molecule has 0 unspecified atom stereocenters. The molecule has 148 valence electrons. The molecule has 0 atom stereocenters. The predicted octanol–water partition coefficient (Wildman–Crippen LogP) is 4.03. The summed E-state index contributed by atoms with van der Waals surface area (Å²) in [6, 6.07) is 14.9. The molecule has 0 spiro atoms. The average molecular weight is 380 g/mol. The third-order valence-electron chi connectivity index (χ3n) is 5.48. The number of para-hydroxylation sites is 1. The van der Waals surface area contributed by atoms with Crippen molar-refractivity contribution < 1.29 is 14.3 Å². The van der Waals surface area contributed by atoms with Crippen LogP contribution in [0.5, 0.6) is 5.75 Å². The Morgan fingerprint density at radius 1 is 1.00 bits per heavy atom. The van der Waals surface area contributed by atoms with Crippen LogP contribution in [-0.4, -0.2) is 36.9 Å². The maximum absolute atomic E-state index is 13.1. The molecule has 1 N–H and O–H groups in total. The number of nitrogens with one attached hydrogen (secondary N) is 1. The highest BCUT2D eigenvalue weighted by Crippen LogP contribution is 2.24. The summed E-state index contributed by atoms with van der Waals surface area (Å²) in [6.07, 6.45) is 5.61. The molecule has 1 aliphatic rings. The SMILES string of the molecule is COc1ccccc1CNC(=O)c1ccccc1C(=O)N(C)C1CCCCC1. The molecule has 0 bridgehead atoms. The summed E-state index contributed by atoms with van der Waals surface area (Å²) in [5, 5.41) is 2.91. The average Bonchev–Trinajstić information content (AvgIpc) is 2.77. The topological polar surface area (TPSA) is 58.6 Å². The van der Waals surface area contributed by atoms with Crippen molar-refractivity contribution in [3.8, 4) is 5.75 Å². The summed E-state index contributed by atoms with van der Waals surface area (Å²) in [4.78, 5) is 27.7. The molecule has 28 heavy (non-hydrogen) atoms. The Morgan fingerprint density at radius 3 is 2.36 bits per heavy atom. The van der Waals surface area contributed by atoms with Crippen LogP contribution < -0.4 is 10.1 Å². The van der Waals surface area contributed by atoms with E-state index < -0.39 is 0 Å². The number of carbonyl (C=O) groups excluding carboxylic acids is 2. The first-order valence-electron chi connectivity index (χ1n) is 9.88. The molecule has 1 aliphatic carbocycles. The van der Waals surface area contributed by atoms with Gasteiger partial charge in [0.05, 0.1) is 18.2 Å². The maximum Gasteiger partial charge on any atom is 0.254 e. The van der Waals surface area contributed by atoms with Gasteiger partial charge in [-0.05, 0) is 31.0 Å². The Bertz CT molecular complexity index is 828. The van der Waals surface area contributed by atoms with E-state index in [9.17, 15) is 9.59 Å². The molecule has 0 aliphatic heterocycles. The first kappa shape index (κ1) is 19.9. The van der Waals surface area contributed by atoms with Crippen molar-refractivity contribution in [2.24, 2.45) is 0 Å². The molecule has 1 fully saturated rings. The lowest BCUT2D eigenvalue weighted by Crippen LogP contribution is -2.39. The summed E-state index contributed by atoms with van der Waals surface area (Å²) in [7, 11) is 3.46. The smallest absolute Gasteiger partial charge is 0.254 e. The van der Waals surface area contributed by atoms with Gasteiger partial charge in [0.2, 0.25) is 0 Å². The van der Waals surface area contributed by atoms with Gasteiger partial charge >= 0.3 is 0 Å². The number of carbonyl (C=O) groups is 2. The van der Waals surface area contributed by atoms with Crippen LogP contribution in [0.4, 0.5) is 0 Å². The lowest BCUT2D eigenvalue weighted by atomic mass is 9.93. The standard InChI is InChI=1S/C23H28N2O3/c1-25(18-11-4-3-5-12-18)23(27)20-14-8-7-13-19(20)22(26)24-16-17-10-6-9-15-21(17)28-2/h6-10,13-15,18H,3-5,11-12,16H2,1-2H3,(H,24,26). The number of hydrogen-bond donors (Lipinski definition) is 1. The van der Waals surface area contributed by atoms with Crippen LogP contribution in [0, 0.1) is 0 Å². The van der Waals surface area contributed by atoms with Gasteiger partial charge in [-0.15, -0.1) is 0 Å². The van der Waals surface area contributed by atoms with E-state index in [1.165, 1.54) is 6.42 Å². The first-order valence-corrected chi connectivity index (χ1v) is 9.88. The van der Waals surface area contributed by atoms with Crippen molar-refractivity contribution in [1.29, 1.82) is 0 Å². The molecule has 0 saturated heterocycles. The number of hydrogen-bond acceptors (Lipinski definition) is 3. The molecule has 0 aromatic heterocycles. The van der Waals surface area contributed by atoms with Gasteiger partial charge in [-0.1, -0.05) is 49.6 Å². The van der Waals surface area contributed by atoms with Gasteiger partial charge in [0.15, 0.2) is 0 Å². The number of nitrogens with zero attached hydrogens (tertiary/aromatic N) is 1. The van der Waals surface area contributed by atoms with Crippen molar-refractivity contribution in [2.45, 2.75) is 44.7 Å². The van der Waals surface area contributed by atoms with Crippen LogP contribution >= 0.6 is 0 Å². The molecular weight excluding hydrogens is 352 g/mol. The van der Waals surface area contributed by atoms with Crippen molar-refractivity contribution in [2.75, 3.05) is 14.2 Å². The van der Waals surface area contributed by atoms with E-state index in [0.29, 0.717) is 17.7 Å². The molecule has 0 heterocycles. The molecule has 2 aromatic rings. The fourth-order valence-corrected chi connectivity index (χ4v) is 3.81. The highest BCUT2D eigenvalue weighted by Gasteiger charge is 2.25. The minimum Gasteiger partial charge on any atom is -0.496 e. The molecule has 0 radical (unpaired) electrons. The fraction of sp³-hybridized carbons (Fsp3) is 0.391. The Balaban J connectivity index is 1.73. The maximum atomic E-state index is 13.1. The Labute approximate surface area is 166 Å². The van der Waals surface area contributed by atoms with Crippen molar-refractivity contribution in [1.82, 2.24) is 10.2 Å². The summed E-state index contributed by atoms with van der Waals surface area (Å²) < 4.78 is 5.33. The second kappa shape index (κ2) is 9.40. The van der Waals surface area contributed by atoms with Gasteiger partial charge in [-0.2, -0.15) is 0 Å². The molecular formula is C23H28N2O3. The van der Waals surface area contributed by atoms with Crippen molar-refractivity contribution >= 4 is 11.8 Å².